The molecule has 0 aromatic rings. The van der Waals surface area contributed by atoms with Gasteiger partial charge >= 0.3 is 8.56 Å². The van der Waals surface area contributed by atoms with Gasteiger partial charge in [0.15, 0.2) is 0 Å². The minimum absolute atomic E-state index is 0.0304. The zero-order valence-electron chi connectivity index (χ0n) is 13.9. The molecule has 1 saturated heterocycles. The predicted octanol–water partition coefficient (Wildman–Crippen LogP) is 2.40. The first-order chi connectivity index (χ1) is 9.92. The van der Waals surface area contributed by atoms with Crippen LogP contribution in [0.3, 0.4) is 0 Å². The van der Waals surface area contributed by atoms with Crippen LogP contribution in [0.15, 0.2) is 0 Å². The Morgan fingerprint density at radius 3 is 2.29 bits per heavy atom. The molecule has 1 aliphatic rings. The van der Waals surface area contributed by atoms with Crippen molar-refractivity contribution in [3.8, 4) is 0 Å². The lowest BCUT2D eigenvalue weighted by atomic mass is 9.86. The molecule has 0 aromatic heterocycles. The van der Waals surface area contributed by atoms with E-state index in [9.17, 15) is 9.59 Å². The first kappa shape index (κ1) is 18.5. The van der Waals surface area contributed by atoms with E-state index in [2.05, 4.69) is 6.92 Å². The highest BCUT2D eigenvalue weighted by molar-refractivity contribution is 6.71. The third-order valence-corrected chi connectivity index (χ3v) is 9.09. The standard InChI is InChI=1S/C15H28O5Si/c1-6-9-15(18-3)13(14(17)11-12(2)16)8-7-10-21(15,19-4)20-5/h13H,6-11H2,1-5H3. The van der Waals surface area contributed by atoms with Crippen molar-refractivity contribution in [2.75, 3.05) is 21.3 Å². The maximum Gasteiger partial charge on any atom is 0.371 e. The van der Waals surface area contributed by atoms with Gasteiger partial charge in [0.1, 0.15) is 16.8 Å². The second-order valence-corrected chi connectivity index (χ2v) is 9.46. The first-order valence-electron chi connectivity index (χ1n) is 7.60. The van der Waals surface area contributed by atoms with E-state index in [0.29, 0.717) is 6.42 Å². The summed E-state index contributed by atoms with van der Waals surface area (Å²) in [6, 6.07) is 0.817. The normalized spacial score (nSPS) is 28.3. The largest absolute Gasteiger partial charge is 0.396 e. The molecule has 1 fully saturated rings. The summed E-state index contributed by atoms with van der Waals surface area (Å²) >= 11 is 0. The molecule has 5 nitrogen and oxygen atoms in total. The Bertz CT molecular complexity index is 380. The Balaban J connectivity index is 3.26. The van der Waals surface area contributed by atoms with Gasteiger partial charge in [0.2, 0.25) is 0 Å². The number of methoxy groups -OCH3 is 1. The van der Waals surface area contributed by atoms with Gasteiger partial charge in [-0.1, -0.05) is 19.8 Å². The molecular weight excluding hydrogens is 288 g/mol. The fraction of sp³-hybridized carbons (Fsp3) is 0.867. The smallest absolute Gasteiger partial charge is 0.371 e. The summed E-state index contributed by atoms with van der Waals surface area (Å²) in [5, 5.41) is -0.698. The number of rotatable bonds is 8. The fourth-order valence-corrected chi connectivity index (χ4v) is 7.94. The van der Waals surface area contributed by atoms with E-state index in [0.717, 1.165) is 25.3 Å². The van der Waals surface area contributed by atoms with Crippen LogP contribution in [0.4, 0.5) is 0 Å². The summed E-state index contributed by atoms with van der Waals surface area (Å²) in [6.07, 6.45) is 3.17. The molecule has 122 valence electrons. The molecule has 0 aliphatic carbocycles. The lowest BCUT2D eigenvalue weighted by Crippen LogP contribution is -2.69. The van der Waals surface area contributed by atoms with Gasteiger partial charge in [0.25, 0.3) is 0 Å². The van der Waals surface area contributed by atoms with Gasteiger partial charge < -0.3 is 13.6 Å². The molecule has 2 atom stereocenters. The van der Waals surface area contributed by atoms with Crippen molar-refractivity contribution >= 4 is 20.1 Å². The highest BCUT2D eigenvalue weighted by Crippen LogP contribution is 2.47. The molecule has 0 spiro atoms. The number of hydrogen-bond donors (Lipinski definition) is 0. The summed E-state index contributed by atoms with van der Waals surface area (Å²) in [5.74, 6) is -0.454. The molecule has 1 heterocycles. The monoisotopic (exact) mass is 316 g/mol. The van der Waals surface area contributed by atoms with E-state index < -0.39 is 13.8 Å². The Labute approximate surface area is 128 Å². The number of carbonyl (C=O) groups excluding carboxylic acids is 2. The number of carbonyl (C=O) groups is 2. The average molecular weight is 316 g/mol. The number of hydrogen-bond acceptors (Lipinski definition) is 5. The van der Waals surface area contributed by atoms with Gasteiger partial charge in [-0.3, -0.25) is 9.59 Å². The third kappa shape index (κ3) is 3.28. The highest BCUT2D eigenvalue weighted by atomic mass is 28.4. The van der Waals surface area contributed by atoms with Crippen LogP contribution in [0, 0.1) is 5.92 Å². The van der Waals surface area contributed by atoms with Crippen molar-refractivity contribution in [1.29, 1.82) is 0 Å². The molecule has 6 heteroatoms. The van der Waals surface area contributed by atoms with Crippen LogP contribution >= 0.6 is 0 Å². The van der Waals surface area contributed by atoms with E-state index in [1.54, 1.807) is 21.3 Å². The predicted molar refractivity (Wildman–Crippen MR) is 82.3 cm³/mol. The van der Waals surface area contributed by atoms with Crippen LogP contribution in [-0.2, 0) is 23.2 Å². The number of Topliss-reactive ketones (excluding diaryl/α,β-unsaturated/α-hetero) is 2. The van der Waals surface area contributed by atoms with Crippen LogP contribution in [-0.4, -0.2) is 46.7 Å². The summed E-state index contributed by atoms with van der Waals surface area (Å²) in [4.78, 5) is 23.9. The van der Waals surface area contributed by atoms with Crippen molar-refractivity contribution in [3.05, 3.63) is 0 Å². The van der Waals surface area contributed by atoms with Crippen LogP contribution in [0.2, 0.25) is 6.04 Å². The lowest BCUT2D eigenvalue weighted by Gasteiger charge is -2.51. The molecule has 21 heavy (non-hydrogen) atoms. The quantitative estimate of drug-likeness (QED) is 0.508. The van der Waals surface area contributed by atoms with Gasteiger partial charge in [-0.05, 0) is 25.8 Å². The summed E-state index contributed by atoms with van der Waals surface area (Å²) in [5.41, 5.74) is 0. The zero-order valence-corrected chi connectivity index (χ0v) is 14.9. The fourth-order valence-electron chi connectivity index (χ4n) is 3.81. The van der Waals surface area contributed by atoms with E-state index in [4.69, 9.17) is 13.6 Å². The molecular formula is C15H28O5Si. The third-order valence-electron chi connectivity index (χ3n) is 4.66. The molecule has 0 aromatic carbocycles. The second kappa shape index (κ2) is 7.62. The Morgan fingerprint density at radius 2 is 1.86 bits per heavy atom. The van der Waals surface area contributed by atoms with Gasteiger partial charge in [-0.2, -0.15) is 0 Å². The Morgan fingerprint density at radius 1 is 1.24 bits per heavy atom. The van der Waals surface area contributed by atoms with Crippen molar-refractivity contribution in [3.63, 3.8) is 0 Å². The SMILES string of the molecule is CCCC1(OC)C(C(=O)CC(C)=O)CCC[Si]1(OC)OC. The van der Waals surface area contributed by atoms with Gasteiger partial charge in [0, 0.05) is 27.2 Å². The second-order valence-electron chi connectivity index (χ2n) is 5.79. The number of ketones is 2. The van der Waals surface area contributed by atoms with Crippen molar-refractivity contribution < 1.29 is 23.2 Å². The van der Waals surface area contributed by atoms with Crippen LogP contribution in [0.1, 0.15) is 46.0 Å². The lowest BCUT2D eigenvalue weighted by molar-refractivity contribution is -0.137. The van der Waals surface area contributed by atoms with E-state index in [-0.39, 0.29) is 23.9 Å². The topological polar surface area (TPSA) is 61.8 Å². The van der Waals surface area contributed by atoms with E-state index >= 15 is 0 Å². The van der Waals surface area contributed by atoms with Gasteiger partial charge in [0.05, 0.1) is 6.42 Å². The molecule has 0 N–H and O–H groups in total. The van der Waals surface area contributed by atoms with Crippen LogP contribution < -0.4 is 0 Å². The van der Waals surface area contributed by atoms with Crippen LogP contribution in [0.25, 0.3) is 0 Å². The molecule has 2 unspecified atom stereocenters. The van der Waals surface area contributed by atoms with Gasteiger partial charge in [-0.25, -0.2) is 0 Å². The van der Waals surface area contributed by atoms with Crippen molar-refractivity contribution in [2.45, 2.75) is 57.2 Å². The maximum absolute atomic E-state index is 12.6. The Kier molecular flexibility index (Phi) is 6.71. The minimum Gasteiger partial charge on any atom is -0.396 e. The first-order valence-corrected chi connectivity index (χ1v) is 9.63. The van der Waals surface area contributed by atoms with E-state index in [1.165, 1.54) is 6.92 Å². The highest BCUT2D eigenvalue weighted by Gasteiger charge is 2.64. The van der Waals surface area contributed by atoms with E-state index in [1.807, 2.05) is 0 Å². The minimum atomic E-state index is -2.66. The number of ether oxygens (including phenoxy) is 1. The summed E-state index contributed by atoms with van der Waals surface area (Å²) in [7, 11) is 2.27. The molecule has 0 saturated carbocycles. The van der Waals surface area contributed by atoms with Crippen LogP contribution in [0.5, 0.6) is 0 Å². The molecule has 0 bridgehead atoms. The van der Waals surface area contributed by atoms with Crippen molar-refractivity contribution in [1.82, 2.24) is 0 Å². The molecule has 1 rings (SSSR count). The summed E-state index contributed by atoms with van der Waals surface area (Å²) in [6.45, 7) is 3.51. The molecule has 0 amide bonds. The average Bonchev–Trinajstić information content (AvgIpc) is 2.46. The van der Waals surface area contributed by atoms with Crippen molar-refractivity contribution in [2.24, 2.45) is 5.92 Å². The molecule has 1 aliphatic heterocycles. The Hall–Kier alpha value is -0.563. The maximum atomic E-state index is 12.6. The summed E-state index contributed by atoms with van der Waals surface area (Å²) < 4.78 is 17.6. The van der Waals surface area contributed by atoms with Gasteiger partial charge in [-0.15, -0.1) is 0 Å². The molecule has 0 radical (unpaired) electrons. The zero-order chi connectivity index (χ0) is 16.1.